The second-order valence-electron chi connectivity index (χ2n) is 12.5. The molecule has 0 bridgehead atoms. The Bertz CT molecular complexity index is 816. The van der Waals surface area contributed by atoms with Gasteiger partial charge in [-0.2, -0.15) is 10.5 Å². The molecule has 0 aromatic rings. The Morgan fingerprint density at radius 1 is 0.909 bits per heavy atom. The van der Waals surface area contributed by atoms with Gasteiger partial charge in [0.05, 0.1) is 12.1 Å². The van der Waals surface area contributed by atoms with Crippen LogP contribution in [0.1, 0.15) is 33.1 Å². The molecule has 1 unspecified atom stereocenters. The summed E-state index contributed by atoms with van der Waals surface area (Å²) in [5, 5.41) is 18.6. The first-order chi connectivity index (χ1) is 14.8. The van der Waals surface area contributed by atoms with E-state index in [0.717, 1.165) is 36.6 Å². The van der Waals surface area contributed by atoms with Crippen LogP contribution in [0.2, 0.25) is 65.0 Å². The number of nitriles is 2. The Kier molecular flexibility index (Phi) is 10.3. The fourth-order valence-electron chi connectivity index (χ4n) is 4.57. The molecule has 0 saturated heterocycles. The highest BCUT2D eigenvalue weighted by Gasteiger charge is 2.44. The molecule has 1 rings (SSSR count). The summed E-state index contributed by atoms with van der Waals surface area (Å²) >= 11 is 0. The molecule has 0 aliphatic heterocycles. The van der Waals surface area contributed by atoms with E-state index in [0.29, 0.717) is 6.54 Å². The monoisotopic (exact) mass is 523 g/mol. The molecular weight excluding hydrogens is 479 g/mol. The number of hydrogen-bond acceptors (Lipinski definition) is 6. The summed E-state index contributed by atoms with van der Waals surface area (Å²) in [6, 6.07) is 5.10. The lowest BCUT2D eigenvalue weighted by Crippen LogP contribution is -2.56. The lowest BCUT2D eigenvalue weighted by Gasteiger charge is -2.41. The molecule has 0 aromatic carbocycles. The smallest absolute Gasteiger partial charge is 0.315 e. The number of allylic oxidation sites excluding steroid dienone is 2. The third-order valence-electron chi connectivity index (χ3n) is 4.96. The van der Waals surface area contributed by atoms with Crippen LogP contribution in [0.3, 0.4) is 0 Å². The summed E-state index contributed by atoms with van der Waals surface area (Å²) in [7, 11) is -8.22. The summed E-state index contributed by atoms with van der Waals surface area (Å²) in [6.07, 6.45) is 4.49. The third kappa shape index (κ3) is 11.9. The van der Waals surface area contributed by atoms with Crippen LogP contribution in [0.5, 0.6) is 0 Å². The van der Waals surface area contributed by atoms with Gasteiger partial charge in [-0.3, -0.25) is 4.99 Å². The SMILES string of the molecule is CC1(C)CC(C(C#N)C#N)=CC(=NCCC[Si](C)(O[Si](C)(C)C)O[Si](C)(C)O[Si](C)(C)C)C1. The average Bonchev–Trinajstić information content (AvgIpc) is 2.54. The van der Waals surface area contributed by atoms with Crippen LogP contribution in [-0.4, -0.2) is 46.0 Å². The van der Waals surface area contributed by atoms with Crippen molar-refractivity contribution in [3.05, 3.63) is 11.6 Å². The van der Waals surface area contributed by atoms with E-state index in [4.69, 9.17) is 17.3 Å². The molecule has 0 amide bonds. The van der Waals surface area contributed by atoms with Gasteiger partial charge in [0.25, 0.3) is 0 Å². The van der Waals surface area contributed by atoms with E-state index in [1.165, 1.54) is 0 Å². The zero-order valence-electron chi connectivity index (χ0n) is 22.8. The molecule has 0 N–H and O–H groups in total. The van der Waals surface area contributed by atoms with E-state index in [-0.39, 0.29) is 5.41 Å². The molecule has 0 spiro atoms. The highest BCUT2D eigenvalue weighted by Crippen LogP contribution is 2.37. The molecule has 0 aromatic heterocycles. The molecule has 6 nitrogen and oxygen atoms in total. The van der Waals surface area contributed by atoms with Gasteiger partial charge in [0.2, 0.25) is 0 Å². The standard InChI is InChI=1S/C23H45N3O3Si4/c1-23(2)16-20(21(18-24)19-25)15-22(17-23)26-13-12-14-33(11,28-31(6,7)8)29-32(9,10)27-30(3,4)5/h15,21H,12-14,16-17H2,1-11H3. The molecule has 1 atom stereocenters. The van der Waals surface area contributed by atoms with Crippen LogP contribution in [0.4, 0.5) is 0 Å². The predicted octanol–water partition coefficient (Wildman–Crippen LogP) is 6.72. The number of hydrogen-bond donors (Lipinski definition) is 0. The summed E-state index contributed by atoms with van der Waals surface area (Å²) in [6.45, 7) is 24.8. The number of rotatable bonds is 11. The topological polar surface area (TPSA) is 87.6 Å². The molecular formula is C23H45N3O3Si4. The molecule has 0 fully saturated rings. The Morgan fingerprint density at radius 2 is 1.45 bits per heavy atom. The van der Waals surface area contributed by atoms with Crippen LogP contribution in [0.15, 0.2) is 16.6 Å². The minimum Gasteiger partial charge on any atom is -0.437 e. The third-order valence-corrected chi connectivity index (χ3v) is 18.5. The Balaban J connectivity index is 2.96. The maximum Gasteiger partial charge on any atom is 0.315 e. The molecule has 0 heterocycles. The van der Waals surface area contributed by atoms with E-state index in [2.05, 4.69) is 84.9 Å². The van der Waals surface area contributed by atoms with Crippen LogP contribution in [-0.2, 0) is 12.3 Å². The van der Waals surface area contributed by atoms with Crippen LogP contribution in [0.25, 0.3) is 0 Å². The van der Waals surface area contributed by atoms with Crippen molar-refractivity contribution in [2.75, 3.05) is 6.54 Å². The van der Waals surface area contributed by atoms with Gasteiger partial charge in [-0.15, -0.1) is 0 Å². The van der Waals surface area contributed by atoms with Crippen molar-refractivity contribution in [1.82, 2.24) is 0 Å². The zero-order chi connectivity index (χ0) is 25.7. The largest absolute Gasteiger partial charge is 0.437 e. The van der Waals surface area contributed by atoms with Crippen molar-refractivity contribution in [3.63, 3.8) is 0 Å². The van der Waals surface area contributed by atoms with Gasteiger partial charge in [-0.1, -0.05) is 13.8 Å². The van der Waals surface area contributed by atoms with E-state index in [1.807, 2.05) is 6.08 Å². The van der Waals surface area contributed by atoms with Gasteiger partial charge in [0.15, 0.2) is 22.6 Å². The number of aliphatic imine (C=N–C) groups is 1. The van der Waals surface area contributed by atoms with Crippen LogP contribution in [0, 0.1) is 34.0 Å². The van der Waals surface area contributed by atoms with Crippen molar-refractivity contribution < 1.29 is 12.3 Å². The summed E-state index contributed by atoms with van der Waals surface area (Å²) in [5.74, 6) is -0.692. The lowest BCUT2D eigenvalue weighted by atomic mass is 9.74. The highest BCUT2D eigenvalue weighted by atomic mass is 28.5. The molecule has 0 radical (unpaired) electrons. The molecule has 1 aliphatic rings. The Hall–Kier alpha value is -0.862. The second-order valence-corrected chi connectivity index (χ2v) is 28.9. The van der Waals surface area contributed by atoms with E-state index in [1.54, 1.807) is 0 Å². The first kappa shape index (κ1) is 30.2. The average molecular weight is 524 g/mol. The molecule has 0 saturated carbocycles. The molecule has 33 heavy (non-hydrogen) atoms. The van der Waals surface area contributed by atoms with Crippen LogP contribution >= 0.6 is 0 Å². The van der Waals surface area contributed by atoms with Crippen molar-refractivity contribution in [2.45, 2.75) is 98.1 Å². The lowest BCUT2D eigenvalue weighted by molar-refractivity contribution is 0.322. The quantitative estimate of drug-likeness (QED) is 0.221. The second kappa shape index (κ2) is 11.3. The van der Waals surface area contributed by atoms with Gasteiger partial charge in [-0.05, 0) is 101 Å². The zero-order valence-corrected chi connectivity index (χ0v) is 26.8. The van der Waals surface area contributed by atoms with Gasteiger partial charge in [0.1, 0.15) is 0 Å². The maximum atomic E-state index is 9.32. The molecule has 1 aliphatic carbocycles. The van der Waals surface area contributed by atoms with Crippen molar-refractivity contribution in [3.8, 4) is 12.1 Å². The maximum absolute atomic E-state index is 9.32. The minimum absolute atomic E-state index is 0.00595. The van der Waals surface area contributed by atoms with Gasteiger partial charge in [0, 0.05) is 12.3 Å². The normalized spacial score (nSPS) is 20.2. The predicted molar refractivity (Wildman–Crippen MR) is 147 cm³/mol. The number of nitrogens with zero attached hydrogens (tertiary/aromatic N) is 3. The minimum atomic E-state index is -2.43. The van der Waals surface area contributed by atoms with Crippen molar-refractivity contribution in [2.24, 2.45) is 16.3 Å². The summed E-state index contributed by atoms with van der Waals surface area (Å²) < 4.78 is 19.9. The van der Waals surface area contributed by atoms with Gasteiger partial charge >= 0.3 is 17.1 Å². The molecule has 186 valence electrons. The Labute approximate surface area is 206 Å². The van der Waals surface area contributed by atoms with E-state index >= 15 is 0 Å². The summed E-state index contributed by atoms with van der Waals surface area (Å²) in [5.41, 5.74) is 1.88. The van der Waals surface area contributed by atoms with Crippen LogP contribution < -0.4 is 0 Å². The van der Waals surface area contributed by atoms with Crippen molar-refractivity contribution >= 4 is 39.5 Å². The molecule has 10 heteroatoms. The van der Waals surface area contributed by atoms with E-state index in [9.17, 15) is 10.5 Å². The van der Waals surface area contributed by atoms with E-state index < -0.39 is 39.7 Å². The first-order valence-corrected chi connectivity index (χ1v) is 24.1. The summed E-state index contributed by atoms with van der Waals surface area (Å²) in [4.78, 5) is 4.87. The van der Waals surface area contributed by atoms with Gasteiger partial charge in [-0.25, -0.2) is 0 Å². The Morgan fingerprint density at radius 3 is 1.94 bits per heavy atom. The fourth-order valence-corrected chi connectivity index (χ4v) is 22.5. The first-order valence-electron chi connectivity index (χ1n) is 11.9. The van der Waals surface area contributed by atoms with Crippen molar-refractivity contribution in [1.29, 1.82) is 10.5 Å². The van der Waals surface area contributed by atoms with Gasteiger partial charge < -0.3 is 12.3 Å². The highest BCUT2D eigenvalue weighted by molar-refractivity contribution is 6.89. The fraction of sp³-hybridized carbons (Fsp3) is 0.783.